The zero-order valence-electron chi connectivity index (χ0n) is 18.5. The highest BCUT2D eigenvalue weighted by Crippen LogP contribution is 2.41. The Balaban J connectivity index is 1.58. The van der Waals surface area contributed by atoms with Crippen LogP contribution in [-0.4, -0.2) is 56.1 Å². The van der Waals surface area contributed by atoms with Crippen LogP contribution >= 0.6 is 0 Å². The van der Waals surface area contributed by atoms with Crippen molar-refractivity contribution in [2.24, 2.45) is 0 Å². The summed E-state index contributed by atoms with van der Waals surface area (Å²) in [5.74, 6) is -0.00875. The molecule has 1 aromatic carbocycles. The van der Waals surface area contributed by atoms with Gasteiger partial charge in [-0.1, -0.05) is 31.2 Å². The molecule has 3 rings (SSSR count). The van der Waals surface area contributed by atoms with Gasteiger partial charge >= 0.3 is 0 Å². The largest absolute Gasteiger partial charge is 0.497 e. The topological polar surface area (TPSA) is 66.4 Å². The second-order valence-electron chi connectivity index (χ2n) is 8.45. The predicted octanol–water partition coefficient (Wildman–Crippen LogP) is 4.00. The van der Waals surface area contributed by atoms with Crippen LogP contribution in [-0.2, 0) is 25.6 Å². The van der Waals surface area contributed by atoms with Gasteiger partial charge in [0, 0.05) is 32.8 Å². The monoisotopic (exact) mass is 420 g/mol. The third kappa shape index (κ3) is 6.28. The van der Waals surface area contributed by atoms with E-state index >= 15 is 0 Å². The number of rotatable bonds is 9. The molecule has 5 atom stereocenters. The average molecular weight is 421 g/mol. The van der Waals surface area contributed by atoms with E-state index < -0.39 is 11.9 Å². The number of hydrogen-bond acceptors (Lipinski definition) is 6. The van der Waals surface area contributed by atoms with Crippen LogP contribution < -0.4 is 4.74 Å². The van der Waals surface area contributed by atoms with E-state index in [0.717, 1.165) is 36.1 Å². The third-order valence-electron chi connectivity index (χ3n) is 5.99. The van der Waals surface area contributed by atoms with Crippen molar-refractivity contribution >= 4 is 0 Å². The maximum Gasteiger partial charge on any atom is 0.174 e. The minimum atomic E-state index is -0.830. The lowest BCUT2D eigenvalue weighted by atomic mass is 9.88. The molecule has 6 heteroatoms. The summed E-state index contributed by atoms with van der Waals surface area (Å²) < 4.78 is 29.6. The number of benzene rings is 1. The van der Waals surface area contributed by atoms with E-state index in [2.05, 4.69) is 13.5 Å². The van der Waals surface area contributed by atoms with Crippen molar-refractivity contribution in [2.45, 2.75) is 82.3 Å². The fourth-order valence-electron chi connectivity index (χ4n) is 4.38. The molecular formula is C24H36O6. The van der Waals surface area contributed by atoms with Crippen LogP contribution in [0.15, 0.2) is 36.4 Å². The van der Waals surface area contributed by atoms with Crippen molar-refractivity contribution in [3.63, 3.8) is 0 Å². The van der Waals surface area contributed by atoms with Crippen LogP contribution in [0.25, 0.3) is 0 Å². The molecular weight excluding hydrogens is 384 g/mol. The lowest BCUT2D eigenvalue weighted by Gasteiger charge is -2.49. The van der Waals surface area contributed by atoms with E-state index in [0.29, 0.717) is 32.5 Å². The Morgan fingerprint density at radius 3 is 2.53 bits per heavy atom. The first-order valence-corrected chi connectivity index (χ1v) is 10.9. The van der Waals surface area contributed by atoms with E-state index in [9.17, 15) is 5.11 Å². The molecule has 0 amide bonds. The Bertz CT molecular complexity index is 675. The molecule has 0 aliphatic carbocycles. The number of hydrogen-bond donors (Lipinski definition) is 1. The SMILES string of the molecule is C=C(CC)C[C@@H]1C[C@H](OC)C[C@@]2(C[C@@H](O)C[C@H](COCc3ccc(OC)cc3)O2)O1. The van der Waals surface area contributed by atoms with Crippen LogP contribution in [0.1, 0.15) is 51.0 Å². The van der Waals surface area contributed by atoms with Crippen molar-refractivity contribution < 1.29 is 28.8 Å². The van der Waals surface area contributed by atoms with Gasteiger partial charge in [-0.2, -0.15) is 0 Å². The summed E-state index contributed by atoms with van der Waals surface area (Å²) in [6.07, 6.45) is 3.46. The van der Waals surface area contributed by atoms with Crippen molar-refractivity contribution in [3.05, 3.63) is 42.0 Å². The molecule has 0 unspecified atom stereocenters. The molecule has 2 heterocycles. The molecule has 1 aromatic rings. The van der Waals surface area contributed by atoms with E-state index in [1.54, 1.807) is 14.2 Å². The van der Waals surface area contributed by atoms with E-state index in [1.807, 2.05) is 24.3 Å². The third-order valence-corrected chi connectivity index (χ3v) is 5.99. The highest BCUT2D eigenvalue weighted by molar-refractivity contribution is 5.26. The highest BCUT2D eigenvalue weighted by Gasteiger charge is 2.48. The first-order chi connectivity index (χ1) is 14.4. The molecule has 0 saturated carbocycles. The van der Waals surface area contributed by atoms with Gasteiger partial charge in [-0.05, 0) is 30.5 Å². The van der Waals surface area contributed by atoms with E-state index in [4.69, 9.17) is 23.7 Å². The zero-order valence-corrected chi connectivity index (χ0v) is 18.5. The second kappa shape index (κ2) is 10.7. The van der Waals surface area contributed by atoms with Gasteiger partial charge in [0.1, 0.15) is 5.75 Å². The Morgan fingerprint density at radius 1 is 1.13 bits per heavy atom. The average Bonchev–Trinajstić information content (AvgIpc) is 2.73. The molecule has 168 valence electrons. The van der Waals surface area contributed by atoms with Crippen molar-refractivity contribution in [1.29, 1.82) is 0 Å². The summed E-state index contributed by atoms with van der Waals surface area (Å²) in [5.41, 5.74) is 2.22. The summed E-state index contributed by atoms with van der Waals surface area (Å²) in [4.78, 5) is 0. The molecule has 0 aromatic heterocycles. The van der Waals surface area contributed by atoms with E-state index in [-0.39, 0.29) is 18.3 Å². The van der Waals surface area contributed by atoms with Crippen molar-refractivity contribution in [3.8, 4) is 5.75 Å². The molecule has 30 heavy (non-hydrogen) atoms. The van der Waals surface area contributed by atoms with Gasteiger partial charge in [-0.3, -0.25) is 0 Å². The summed E-state index contributed by atoms with van der Waals surface area (Å²) in [7, 11) is 3.38. The fourth-order valence-corrected chi connectivity index (χ4v) is 4.38. The van der Waals surface area contributed by atoms with Gasteiger partial charge in [-0.25, -0.2) is 0 Å². The lowest BCUT2D eigenvalue weighted by Crippen LogP contribution is -2.55. The van der Waals surface area contributed by atoms with Gasteiger partial charge in [0.05, 0.1) is 44.7 Å². The minimum absolute atomic E-state index is 0.0117. The summed E-state index contributed by atoms with van der Waals surface area (Å²) in [6.45, 7) is 7.11. The van der Waals surface area contributed by atoms with Gasteiger partial charge in [0.25, 0.3) is 0 Å². The smallest absolute Gasteiger partial charge is 0.174 e. The minimum Gasteiger partial charge on any atom is -0.497 e. The zero-order chi connectivity index (χ0) is 21.6. The fraction of sp³-hybridized carbons (Fsp3) is 0.667. The first kappa shape index (κ1) is 23.2. The molecule has 2 aliphatic heterocycles. The highest BCUT2D eigenvalue weighted by atomic mass is 16.7. The Kier molecular flexibility index (Phi) is 8.31. The number of aliphatic hydroxyl groups is 1. The second-order valence-corrected chi connectivity index (χ2v) is 8.45. The van der Waals surface area contributed by atoms with Gasteiger partial charge in [0.2, 0.25) is 0 Å². The summed E-state index contributed by atoms with van der Waals surface area (Å²) in [6, 6.07) is 7.80. The van der Waals surface area contributed by atoms with Crippen molar-refractivity contribution in [2.75, 3.05) is 20.8 Å². The first-order valence-electron chi connectivity index (χ1n) is 10.9. The maximum absolute atomic E-state index is 10.6. The number of ether oxygens (including phenoxy) is 5. The Morgan fingerprint density at radius 2 is 1.87 bits per heavy atom. The van der Waals surface area contributed by atoms with Crippen molar-refractivity contribution in [1.82, 2.24) is 0 Å². The Hall–Kier alpha value is -1.44. The standard InChI is InChI=1S/C24H36O6/c1-5-17(2)10-21-12-22(27-4)14-24(29-21)13-19(25)11-23(30-24)16-28-15-18-6-8-20(26-3)9-7-18/h6-9,19,21-23,25H,2,5,10-16H2,1,3-4H3/t19-,21+,22-,23+,24-/m0/s1. The summed E-state index contributed by atoms with van der Waals surface area (Å²) in [5, 5.41) is 10.6. The van der Waals surface area contributed by atoms with Gasteiger partial charge in [0.15, 0.2) is 5.79 Å². The molecule has 2 aliphatic rings. The number of aliphatic hydroxyl groups excluding tert-OH is 1. The molecule has 2 fully saturated rings. The molecule has 2 saturated heterocycles. The van der Waals surface area contributed by atoms with Gasteiger partial charge in [-0.15, -0.1) is 0 Å². The van der Waals surface area contributed by atoms with Crippen LogP contribution in [0.3, 0.4) is 0 Å². The molecule has 1 N–H and O–H groups in total. The normalized spacial score (nSPS) is 31.6. The molecule has 6 nitrogen and oxygen atoms in total. The van der Waals surface area contributed by atoms with Crippen LogP contribution in [0.4, 0.5) is 0 Å². The predicted molar refractivity (Wildman–Crippen MR) is 114 cm³/mol. The Labute approximate surface area is 180 Å². The van der Waals surface area contributed by atoms with Crippen LogP contribution in [0, 0.1) is 0 Å². The van der Waals surface area contributed by atoms with Crippen LogP contribution in [0.5, 0.6) is 5.75 Å². The maximum atomic E-state index is 10.6. The van der Waals surface area contributed by atoms with Gasteiger partial charge < -0.3 is 28.8 Å². The van der Waals surface area contributed by atoms with Crippen LogP contribution in [0.2, 0.25) is 0 Å². The van der Waals surface area contributed by atoms with E-state index in [1.165, 1.54) is 0 Å². The quantitative estimate of drug-likeness (QED) is 0.609. The summed E-state index contributed by atoms with van der Waals surface area (Å²) >= 11 is 0. The molecule has 0 bridgehead atoms. The molecule has 1 spiro atoms. The molecule has 0 radical (unpaired) electrons. The lowest BCUT2D eigenvalue weighted by molar-refractivity contribution is -0.343. The number of methoxy groups -OCH3 is 2.